The molecule has 98 valence electrons. The molecule has 3 aromatic rings. The molecule has 7 nitrogen and oxygen atoms in total. The van der Waals surface area contributed by atoms with Crippen LogP contribution in [0.15, 0.2) is 29.0 Å². The van der Waals surface area contributed by atoms with Crippen molar-refractivity contribution in [3.8, 4) is 5.88 Å². The van der Waals surface area contributed by atoms with Crippen molar-refractivity contribution in [1.29, 1.82) is 0 Å². The summed E-state index contributed by atoms with van der Waals surface area (Å²) in [6, 6.07) is 3.66. The van der Waals surface area contributed by atoms with Gasteiger partial charge in [0.05, 0.1) is 12.5 Å². The summed E-state index contributed by atoms with van der Waals surface area (Å²) in [6.45, 7) is 3.02. The third-order valence-corrected chi connectivity index (χ3v) is 2.54. The Hall–Kier alpha value is -2.57. The Labute approximate surface area is 109 Å². The van der Waals surface area contributed by atoms with Crippen LogP contribution in [0.4, 0.5) is 5.95 Å². The molecule has 3 rings (SSSR count). The van der Waals surface area contributed by atoms with E-state index in [9.17, 15) is 0 Å². The highest BCUT2D eigenvalue weighted by Crippen LogP contribution is 2.23. The summed E-state index contributed by atoms with van der Waals surface area (Å²) in [5.74, 6) is 1.72. The molecular weight excluding hydrogens is 246 g/mol. The molecule has 0 bridgehead atoms. The van der Waals surface area contributed by atoms with E-state index in [0.717, 1.165) is 17.7 Å². The van der Waals surface area contributed by atoms with E-state index < -0.39 is 0 Å². The number of nitrogens with zero attached hydrogens (tertiary/aromatic N) is 3. The summed E-state index contributed by atoms with van der Waals surface area (Å²) >= 11 is 0. The summed E-state index contributed by atoms with van der Waals surface area (Å²) in [5, 5.41) is 10.6. The van der Waals surface area contributed by atoms with Gasteiger partial charge in [0.25, 0.3) is 0 Å². The lowest BCUT2D eigenvalue weighted by molar-refractivity contribution is 0.264. The zero-order valence-corrected chi connectivity index (χ0v) is 10.4. The molecule has 3 heterocycles. The van der Waals surface area contributed by atoms with E-state index >= 15 is 0 Å². The SMILES string of the molecule is CCNc1nc(OCc2ccco2)c2cn[nH]c2n1. The number of aromatic nitrogens is 4. The van der Waals surface area contributed by atoms with Crippen LogP contribution in [0.3, 0.4) is 0 Å². The first-order chi connectivity index (χ1) is 9.36. The number of hydrogen-bond donors (Lipinski definition) is 2. The number of furan rings is 1. The number of ether oxygens (including phenoxy) is 1. The lowest BCUT2D eigenvalue weighted by Gasteiger charge is -2.07. The third kappa shape index (κ3) is 2.35. The van der Waals surface area contributed by atoms with Crippen molar-refractivity contribution in [2.45, 2.75) is 13.5 Å². The second-order valence-corrected chi connectivity index (χ2v) is 3.88. The maximum absolute atomic E-state index is 5.66. The van der Waals surface area contributed by atoms with Crippen LogP contribution in [0.25, 0.3) is 11.0 Å². The van der Waals surface area contributed by atoms with Crippen LogP contribution < -0.4 is 10.1 Å². The summed E-state index contributed by atoms with van der Waals surface area (Å²) in [5.41, 5.74) is 0.639. The number of H-pyrrole nitrogens is 1. The second-order valence-electron chi connectivity index (χ2n) is 3.88. The molecule has 0 radical (unpaired) electrons. The van der Waals surface area contributed by atoms with E-state index in [4.69, 9.17) is 9.15 Å². The topological polar surface area (TPSA) is 88.9 Å². The first-order valence-corrected chi connectivity index (χ1v) is 5.97. The van der Waals surface area contributed by atoms with Crippen molar-refractivity contribution in [3.63, 3.8) is 0 Å². The minimum Gasteiger partial charge on any atom is -0.469 e. The fourth-order valence-electron chi connectivity index (χ4n) is 1.69. The fourth-order valence-corrected chi connectivity index (χ4v) is 1.69. The van der Waals surface area contributed by atoms with E-state index in [-0.39, 0.29) is 0 Å². The molecule has 19 heavy (non-hydrogen) atoms. The summed E-state index contributed by atoms with van der Waals surface area (Å²) in [6.07, 6.45) is 3.25. The first kappa shape index (κ1) is 11.5. The third-order valence-electron chi connectivity index (χ3n) is 2.54. The van der Waals surface area contributed by atoms with Crippen molar-refractivity contribution in [3.05, 3.63) is 30.4 Å². The van der Waals surface area contributed by atoms with E-state index in [1.54, 1.807) is 12.5 Å². The van der Waals surface area contributed by atoms with Gasteiger partial charge < -0.3 is 14.5 Å². The molecule has 0 atom stereocenters. The zero-order valence-electron chi connectivity index (χ0n) is 10.4. The van der Waals surface area contributed by atoms with Gasteiger partial charge in [-0.3, -0.25) is 5.10 Å². The molecule has 0 aromatic carbocycles. The van der Waals surface area contributed by atoms with Crippen LogP contribution >= 0.6 is 0 Å². The molecular formula is C12H13N5O2. The summed E-state index contributed by atoms with van der Waals surface area (Å²) in [7, 11) is 0. The van der Waals surface area contributed by atoms with Crippen molar-refractivity contribution >= 4 is 17.0 Å². The Morgan fingerprint density at radius 1 is 1.42 bits per heavy atom. The summed E-state index contributed by atoms with van der Waals surface area (Å²) in [4.78, 5) is 8.60. The Morgan fingerprint density at radius 3 is 3.16 bits per heavy atom. The van der Waals surface area contributed by atoms with Crippen LogP contribution in [0.2, 0.25) is 0 Å². The van der Waals surface area contributed by atoms with E-state index in [2.05, 4.69) is 25.5 Å². The highest BCUT2D eigenvalue weighted by Gasteiger charge is 2.11. The Balaban J connectivity index is 1.89. The van der Waals surface area contributed by atoms with Crippen molar-refractivity contribution in [2.75, 3.05) is 11.9 Å². The standard InChI is InChI=1S/C12H13N5O2/c1-2-13-12-15-10-9(6-14-17-10)11(16-12)19-7-8-4-3-5-18-8/h3-6H,2,7H2,1H3,(H2,13,14,15,16,17). The van der Waals surface area contributed by atoms with E-state index in [1.165, 1.54) is 0 Å². The van der Waals surface area contributed by atoms with E-state index in [0.29, 0.717) is 24.1 Å². The minimum absolute atomic E-state index is 0.315. The van der Waals surface area contributed by atoms with Crippen LogP contribution in [0, 0.1) is 0 Å². The molecule has 0 aliphatic rings. The number of aromatic amines is 1. The molecule has 7 heteroatoms. The number of nitrogens with one attached hydrogen (secondary N) is 2. The number of hydrogen-bond acceptors (Lipinski definition) is 6. The lowest BCUT2D eigenvalue weighted by Crippen LogP contribution is -2.04. The summed E-state index contributed by atoms with van der Waals surface area (Å²) < 4.78 is 10.9. The molecule has 0 fully saturated rings. The molecule has 0 aliphatic heterocycles. The largest absolute Gasteiger partial charge is 0.469 e. The van der Waals surface area contributed by atoms with Gasteiger partial charge in [0, 0.05) is 6.54 Å². The van der Waals surface area contributed by atoms with Gasteiger partial charge in [-0.1, -0.05) is 0 Å². The van der Waals surface area contributed by atoms with Gasteiger partial charge in [0.1, 0.15) is 17.8 Å². The van der Waals surface area contributed by atoms with Gasteiger partial charge in [-0.05, 0) is 19.1 Å². The highest BCUT2D eigenvalue weighted by atomic mass is 16.5. The first-order valence-electron chi connectivity index (χ1n) is 5.97. The van der Waals surface area contributed by atoms with Gasteiger partial charge in [-0.25, -0.2) is 0 Å². The number of anilines is 1. The van der Waals surface area contributed by atoms with Crippen LogP contribution in [-0.2, 0) is 6.61 Å². The van der Waals surface area contributed by atoms with E-state index in [1.807, 2.05) is 19.1 Å². The van der Waals surface area contributed by atoms with Gasteiger partial charge in [-0.15, -0.1) is 0 Å². The number of rotatable bonds is 5. The van der Waals surface area contributed by atoms with Gasteiger partial charge in [0.2, 0.25) is 11.8 Å². The van der Waals surface area contributed by atoms with Gasteiger partial charge >= 0.3 is 0 Å². The fraction of sp³-hybridized carbons (Fsp3) is 0.250. The zero-order chi connectivity index (χ0) is 13.1. The highest BCUT2D eigenvalue weighted by molar-refractivity contribution is 5.80. The Kier molecular flexibility index (Phi) is 3.01. The average Bonchev–Trinajstić information content (AvgIpc) is 3.07. The Bertz CT molecular complexity index is 662. The number of fused-ring (bicyclic) bond motifs is 1. The molecule has 0 aliphatic carbocycles. The monoisotopic (exact) mass is 259 g/mol. The normalized spacial score (nSPS) is 10.8. The van der Waals surface area contributed by atoms with Gasteiger partial charge in [0.15, 0.2) is 5.65 Å². The van der Waals surface area contributed by atoms with Crippen molar-refractivity contribution < 1.29 is 9.15 Å². The molecule has 0 amide bonds. The predicted molar refractivity (Wildman–Crippen MR) is 68.9 cm³/mol. The smallest absolute Gasteiger partial charge is 0.230 e. The molecule has 2 N–H and O–H groups in total. The molecule has 0 saturated carbocycles. The molecule has 3 aromatic heterocycles. The molecule has 0 unspecified atom stereocenters. The van der Waals surface area contributed by atoms with Gasteiger partial charge in [-0.2, -0.15) is 15.1 Å². The lowest BCUT2D eigenvalue weighted by atomic mass is 10.4. The quantitative estimate of drug-likeness (QED) is 0.728. The molecule has 0 spiro atoms. The van der Waals surface area contributed by atoms with Crippen LogP contribution in [0.5, 0.6) is 5.88 Å². The second kappa shape index (κ2) is 4.97. The van der Waals surface area contributed by atoms with Crippen molar-refractivity contribution in [1.82, 2.24) is 20.2 Å². The predicted octanol–water partition coefficient (Wildman–Crippen LogP) is 1.96. The maximum atomic E-state index is 5.66. The average molecular weight is 259 g/mol. The minimum atomic E-state index is 0.315. The van der Waals surface area contributed by atoms with Crippen LogP contribution in [0.1, 0.15) is 12.7 Å². The Morgan fingerprint density at radius 2 is 2.37 bits per heavy atom. The van der Waals surface area contributed by atoms with Crippen molar-refractivity contribution in [2.24, 2.45) is 0 Å². The maximum Gasteiger partial charge on any atom is 0.230 e. The molecule has 0 saturated heterocycles. The van der Waals surface area contributed by atoms with Crippen LogP contribution in [-0.4, -0.2) is 26.7 Å².